The van der Waals surface area contributed by atoms with Crippen LogP contribution < -0.4 is 0 Å². The molecule has 0 N–H and O–H groups in total. The van der Waals surface area contributed by atoms with Crippen molar-refractivity contribution in [3.05, 3.63) is 35.4 Å². The molecule has 0 saturated heterocycles. The van der Waals surface area contributed by atoms with Crippen LogP contribution in [0.4, 0.5) is 0 Å². The van der Waals surface area contributed by atoms with Crippen molar-refractivity contribution >= 4 is 5.91 Å². The van der Waals surface area contributed by atoms with Crippen LogP contribution in [0.25, 0.3) is 0 Å². The Balaban J connectivity index is 3.10. The minimum Gasteiger partial charge on any atom is -0.263 e. The third-order valence-corrected chi connectivity index (χ3v) is 1.98. The Labute approximate surface area is 79.4 Å². The number of nitrogens with zero attached hydrogens (tertiary/aromatic N) is 1. The second-order valence-electron chi connectivity index (χ2n) is 4.13. The predicted molar refractivity (Wildman–Crippen MR) is 53.5 cm³/mol. The maximum Gasteiger partial charge on any atom is 0.345 e. The van der Waals surface area contributed by atoms with Crippen LogP contribution in [0.2, 0.25) is 0 Å². The lowest BCUT2D eigenvalue weighted by Gasteiger charge is -2.21. The van der Waals surface area contributed by atoms with Crippen LogP contribution in [0.5, 0.6) is 0 Å². The van der Waals surface area contributed by atoms with Crippen molar-refractivity contribution in [1.29, 1.82) is 0 Å². The monoisotopic (exact) mass is 178 g/mol. The molecule has 0 aliphatic heterocycles. The van der Waals surface area contributed by atoms with Gasteiger partial charge >= 0.3 is 5.91 Å². The predicted octanol–water partition coefficient (Wildman–Crippen LogP) is 1.84. The molecule has 0 heterocycles. The number of carbonyl (C=O) groups excluding carboxylic acids is 1. The molecule has 70 valence electrons. The number of carbonyl (C=O) groups is 1. The molecule has 0 saturated carbocycles. The summed E-state index contributed by atoms with van der Waals surface area (Å²) < 4.78 is 0.338. The Morgan fingerprint density at radius 2 is 1.69 bits per heavy atom. The van der Waals surface area contributed by atoms with E-state index >= 15 is 0 Å². The smallest absolute Gasteiger partial charge is 0.263 e. The van der Waals surface area contributed by atoms with E-state index in [1.54, 1.807) is 0 Å². The molecule has 1 rings (SSSR count). The Hall–Kier alpha value is -1.15. The van der Waals surface area contributed by atoms with E-state index in [2.05, 4.69) is 0 Å². The summed E-state index contributed by atoms with van der Waals surface area (Å²) in [5.41, 5.74) is 1.86. The lowest BCUT2D eigenvalue weighted by atomic mass is 10.1. The molecule has 1 aromatic carbocycles. The van der Waals surface area contributed by atoms with Gasteiger partial charge in [0.25, 0.3) is 0 Å². The number of rotatable bonds is 1. The molecular weight excluding hydrogens is 162 g/mol. The number of benzene rings is 1. The number of hydrogen-bond acceptors (Lipinski definition) is 1. The van der Waals surface area contributed by atoms with Crippen LogP contribution in [0.3, 0.4) is 0 Å². The average Bonchev–Trinajstić information content (AvgIpc) is 2.02. The van der Waals surface area contributed by atoms with Gasteiger partial charge in [-0.05, 0) is 18.6 Å². The van der Waals surface area contributed by atoms with Gasteiger partial charge in [-0.15, -0.1) is 0 Å². The largest absolute Gasteiger partial charge is 0.345 e. The topological polar surface area (TPSA) is 17.1 Å². The molecular formula is C11H16NO+. The Morgan fingerprint density at radius 1 is 1.15 bits per heavy atom. The zero-order valence-corrected chi connectivity index (χ0v) is 8.66. The van der Waals surface area contributed by atoms with Crippen LogP contribution in [0.1, 0.15) is 15.9 Å². The van der Waals surface area contributed by atoms with Gasteiger partial charge in [-0.3, -0.25) is 4.48 Å². The van der Waals surface area contributed by atoms with Crippen LogP contribution in [0.15, 0.2) is 24.3 Å². The van der Waals surface area contributed by atoms with Gasteiger partial charge in [-0.1, -0.05) is 18.2 Å². The first-order chi connectivity index (χ1) is 5.93. The molecule has 13 heavy (non-hydrogen) atoms. The molecule has 0 aromatic heterocycles. The molecule has 0 bridgehead atoms. The highest BCUT2D eigenvalue weighted by molar-refractivity contribution is 5.90. The van der Waals surface area contributed by atoms with Crippen molar-refractivity contribution < 1.29 is 9.28 Å². The minimum absolute atomic E-state index is 0.151. The molecule has 1 amide bonds. The molecule has 1 aromatic rings. The summed E-state index contributed by atoms with van der Waals surface area (Å²) in [7, 11) is 5.65. The Morgan fingerprint density at radius 3 is 2.15 bits per heavy atom. The van der Waals surface area contributed by atoms with E-state index in [9.17, 15) is 4.79 Å². The number of aryl methyl sites for hydroxylation is 1. The first-order valence-electron chi connectivity index (χ1n) is 4.35. The average molecular weight is 178 g/mol. The Bertz CT molecular complexity index is 323. The molecule has 2 nitrogen and oxygen atoms in total. The van der Waals surface area contributed by atoms with Crippen molar-refractivity contribution in [3.8, 4) is 0 Å². The van der Waals surface area contributed by atoms with Crippen molar-refractivity contribution in [2.75, 3.05) is 21.1 Å². The third kappa shape index (κ3) is 2.16. The highest BCUT2D eigenvalue weighted by Crippen LogP contribution is 2.11. The van der Waals surface area contributed by atoms with E-state index in [1.165, 1.54) is 0 Å². The first kappa shape index (κ1) is 9.93. The van der Waals surface area contributed by atoms with Gasteiger partial charge in [-0.2, -0.15) is 0 Å². The van der Waals surface area contributed by atoms with Gasteiger partial charge in [0.05, 0.1) is 26.7 Å². The summed E-state index contributed by atoms with van der Waals surface area (Å²) in [4.78, 5) is 11.9. The van der Waals surface area contributed by atoms with Crippen LogP contribution in [-0.2, 0) is 0 Å². The minimum atomic E-state index is 0.151. The summed E-state index contributed by atoms with van der Waals surface area (Å²) in [6, 6.07) is 7.68. The van der Waals surface area contributed by atoms with Gasteiger partial charge in [0.2, 0.25) is 0 Å². The zero-order chi connectivity index (χ0) is 10.1. The van der Waals surface area contributed by atoms with E-state index in [4.69, 9.17) is 0 Å². The zero-order valence-electron chi connectivity index (χ0n) is 8.66. The van der Waals surface area contributed by atoms with Gasteiger partial charge in [0.15, 0.2) is 0 Å². The van der Waals surface area contributed by atoms with Crippen LogP contribution >= 0.6 is 0 Å². The highest BCUT2D eigenvalue weighted by atomic mass is 16.2. The summed E-state index contributed by atoms with van der Waals surface area (Å²) in [6.45, 7) is 1.96. The van der Waals surface area contributed by atoms with Gasteiger partial charge < -0.3 is 0 Å². The van der Waals surface area contributed by atoms with Crippen LogP contribution in [0, 0.1) is 6.92 Å². The molecule has 0 unspecified atom stereocenters. The maximum atomic E-state index is 11.9. The third-order valence-electron chi connectivity index (χ3n) is 1.98. The van der Waals surface area contributed by atoms with Crippen molar-refractivity contribution in [2.45, 2.75) is 6.92 Å². The highest BCUT2D eigenvalue weighted by Gasteiger charge is 2.23. The van der Waals surface area contributed by atoms with Gasteiger partial charge in [0.1, 0.15) is 0 Å². The van der Waals surface area contributed by atoms with E-state index in [1.807, 2.05) is 52.3 Å². The normalized spacial score (nSPS) is 11.4. The van der Waals surface area contributed by atoms with Gasteiger partial charge in [0, 0.05) is 0 Å². The van der Waals surface area contributed by atoms with E-state index in [0.29, 0.717) is 4.48 Å². The van der Waals surface area contributed by atoms with Crippen molar-refractivity contribution in [1.82, 2.24) is 0 Å². The van der Waals surface area contributed by atoms with Gasteiger partial charge in [-0.25, -0.2) is 4.79 Å². The fraction of sp³-hybridized carbons (Fsp3) is 0.364. The first-order valence-corrected chi connectivity index (χ1v) is 4.35. The van der Waals surface area contributed by atoms with E-state index < -0.39 is 0 Å². The number of amides is 1. The summed E-state index contributed by atoms with van der Waals surface area (Å²) in [5, 5.41) is 0. The van der Waals surface area contributed by atoms with E-state index in [-0.39, 0.29) is 5.91 Å². The molecule has 0 radical (unpaired) electrons. The number of quaternary nitrogens is 1. The fourth-order valence-corrected chi connectivity index (χ4v) is 1.17. The second kappa shape index (κ2) is 3.30. The molecule has 0 aliphatic rings. The summed E-state index contributed by atoms with van der Waals surface area (Å²) in [5.74, 6) is 0.151. The lowest BCUT2D eigenvalue weighted by Crippen LogP contribution is -2.41. The molecule has 0 aliphatic carbocycles. The fourth-order valence-electron chi connectivity index (χ4n) is 1.17. The lowest BCUT2D eigenvalue weighted by molar-refractivity contribution is -0.785. The Kier molecular flexibility index (Phi) is 2.52. The number of hydrogen-bond donors (Lipinski definition) is 0. The standard InChI is InChI=1S/C11H16NO/c1-9-7-5-6-8-10(9)11(13)12(2,3)4/h5-8H,1-4H3/q+1. The molecule has 0 atom stereocenters. The molecule has 2 heteroatoms. The van der Waals surface area contributed by atoms with Crippen molar-refractivity contribution in [2.24, 2.45) is 0 Å². The summed E-state index contributed by atoms with van der Waals surface area (Å²) >= 11 is 0. The maximum absolute atomic E-state index is 11.9. The van der Waals surface area contributed by atoms with Crippen molar-refractivity contribution in [3.63, 3.8) is 0 Å². The van der Waals surface area contributed by atoms with Crippen LogP contribution in [-0.4, -0.2) is 31.5 Å². The SMILES string of the molecule is Cc1ccccc1C(=O)[N+](C)(C)C. The molecule has 0 fully saturated rings. The summed E-state index contributed by atoms with van der Waals surface area (Å²) in [6.07, 6.45) is 0. The second-order valence-corrected chi connectivity index (χ2v) is 4.13. The van der Waals surface area contributed by atoms with E-state index in [0.717, 1.165) is 11.1 Å². The molecule has 0 spiro atoms. The quantitative estimate of drug-likeness (QED) is 0.600.